The Labute approximate surface area is 148 Å². The number of rotatable bonds is 5. The van der Waals surface area contributed by atoms with E-state index in [1.165, 1.54) is 18.1 Å². The number of carbonyl (C=O) groups excluding carboxylic acids is 1. The summed E-state index contributed by atoms with van der Waals surface area (Å²) < 4.78 is 7.35. The van der Waals surface area contributed by atoms with Crippen molar-refractivity contribution in [2.24, 2.45) is 0 Å². The van der Waals surface area contributed by atoms with Gasteiger partial charge in [-0.25, -0.2) is 0 Å². The molecule has 25 heavy (non-hydrogen) atoms. The number of carbonyl (C=O) groups is 1. The van der Waals surface area contributed by atoms with Crippen LogP contribution in [0, 0.1) is 6.92 Å². The first-order chi connectivity index (χ1) is 12.1. The van der Waals surface area contributed by atoms with Crippen molar-refractivity contribution in [3.8, 4) is 22.4 Å². The number of hydrogen-bond donors (Lipinski definition) is 0. The number of hydrogen-bond acceptors (Lipinski definition) is 2. The normalized spacial score (nSPS) is 10.5. The lowest BCUT2D eigenvalue weighted by Gasteiger charge is -2.10. The monoisotopic (exact) mass is 332 g/mol. The van der Waals surface area contributed by atoms with Crippen molar-refractivity contribution < 1.29 is 14.1 Å². The third kappa shape index (κ3) is 4.13. The molecule has 1 heterocycles. The van der Waals surface area contributed by atoms with Crippen LogP contribution in [0.3, 0.4) is 0 Å². The fourth-order valence-corrected chi connectivity index (χ4v) is 2.98. The van der Waals surface area contributed by atoms with Crippen LogP contribution in [0.1, 0.15) is 12.6 Å². The summed E-state index contributed by atoms with van der Waals surface area (Å²) in [6, 6.07) is 25.0. The first-order valence-corrected chi connectivity index (χ1v) is 8.44. The van der Waals surface area contributed by atoms with Crippen molar-refractivity contribution in [1.29, 1.82) is 0 Å². The zero-order valence-corrected chi connectivity index (χ0v) is 14.6. The van der Waals surface area contributed by atoms with Crippen LogP contribution < -0.4 is 4.57 Å². The van der Waals surface area contributed by atoms with Gasteiger partial charge in [-0.2, -0.15) is 4.57 Å². The van der Waals surface area contributed by atoms with E-state index >= 15 is 0 Å². The van der Waals surface area contributed by atoms with Crippen molar-refractivity contribution in [3.05, 3.63) is 78.5 Å². The lowest BCUT2D eigenvalue weighted by atomic mass is 10.0. The first-order valence-electron chi connectivity index (χ1n) is 8.44. The van der Waals surface area contributed by atoms with Gasteiger partial charge < -0.3 is 4.74 Å². The number of ether oxygens (including phenoxy) is 1. The quantitative estimate of drug-likeness (QED) is 0.518. The second-order valence-corrected chi connectivity index (χ2v) is 5.99. The zero-order valence-electron chi connectivity index (χ0n) is 14.6. The van der Waals surface area contributed by atoms with Crippen LogP contribution in [0.15, 0.2) is 72.8 Å². The van der Waals surface area contributed by atoms with E-state index in [-0.39, 0.29) is 5.97 Å². The highest BCUT2D eigenvalue weighted by Gasteiger charge is 2.18. The van der Waals surface area contributed by atoms with Gasteiger partial charge in [0, 0.05) is 31.5 Å². The number of benzene rings is 2. The molecule has 0 aliphatic carbocycles. The highest BCUT2D eigenvalue weighted by atomic mass is 16.5. The fourth-order valence-electron chi connectivity index (χ4n) is 2.98. The molecular formula is C22H22NO2+. The molecule has 126 valence electrons. The minimum Gasteiger partial charge on any atom is -0.459 e. The van der Waals surface area contributed by atoms with Crippen LogP contribution in [-0.4, -0.2) is 12.6 Å². The van der Waals surface area contributed by atoms with Crippen molar-refractivity contribution >= 4 is 5.97 Å². The lowest BCUT2D eigenvalue weighted by molar-refractivity contribution is -0.693. The maximum atomic E-state index is 11.1. The summed E-state index contributed by atoms with van der Waals surface area (Å²) in [6.07, 6.45) is 0. The Hall–Kier alpha value is -2.94. The molecule has 2 aromatic carbocycles. The van der Waals surface area contributed by atoms with Crippen molar-refractivity contribution in [2.75, 3.05) is 6.61 Å². The van der Waals surface area contributed by atoms with E-state index in [0.29, 0.717) is 13.2 Å². The van der Waals surface area contributed by atoms with Gasteiger partial charge in [-0.05, 0) is 23.3 Å². The van der Waals surface area contributed by atoms with Crippen LogP contribution in [-0.2, 0) is 16.1 Å². The summed E-state index contributed by atoms with van der Waals surface area (Å²) in [4.78, 5) is 11.1. The minimum absolute atomic E-state index is 0.250. The largest absolute Gasteiger partial charge is 0.459 e. The van der Waals surface area contributed by atoms with Crippen LogP contribution >= 0.6 is 0 Å². The van der Waals surface area contributed by atoms with E-state index in [1.54, 1.807) is 0 Å². The predicted molar refractivity (Wildman–Crippen MR) is 98.9 cm³/mol. The van der Waals surface area contributed by atoms with E-state index in [4.69, 9.17) is 4.74 Å². The van der Waals surface area contributed by atoms with Crippen molar-refractivity contribution in [1.82, 2.24) is 0 Å². The molecule has 0 radical (unpaired) electrons. The molecule has 3 heteroatoms. The SMILES string of the molecule is CC(=O)OCC[n+]1c(C)cc(-c2ccccc2)cc1-c1ccccc1. The average Bonchev–Trinajstić information content (AvgIpc) is 2.64. The Morgan fingerprint density at radius 2 is 1.48 bits per heavy atom. The van der Waals surface area contributed by atoms with Gasteiger partial charge in [0.05, 0.1) is 0 Å². The summed E-state index contributed by atoms with van der Waals surface area (Å²) >= 11 is 0. The van der Waals surface area contributed by atoms with Crippen molar-refractivity contribution in [2.45, 2.75) is 20.4 Å². The third-order valence-electron chi connectivity index (χ3n) is 4.17. The highest BCUT2D eigenvalue weighted by molar-refractivity contribution is 5.69. The molecule has 0 aliphatic rings. The molecule has 0 amide bonds. The summed E-state index contributed by atoms with van der Waals surface area (Å²) in [5.74, 6) is -0.250. The molecule has 3 aromatic rings. The standard InChI is InChI=1S/C22H22NO2/c1-17-15-21(19-9-5-3-6-10-19)16-22(20-11-7-4-8-12-20)23(17)13-14-25-18(2)24/h3-12,15-16H,13-14H2,1-2H3/q+1. The van der Waals surface area contributed by atoms with Gasteiger partial charge in [0.15, 0.2) is 18.8 Å². The summed E-state index contributed by atoms with van der Waals surface area (Å²) in [5, 5.41) is 0. The number of esters is 1. The fraction of sp³-hybridized carbons (Fsp3) is 0.182. The second-order valence-electron chi connectivity index (χ2n) is 5.99. The Balaban J connectivity index is 2.06. The van der Waals surface area contributed by atoms with Crippen LogP contribution in [0.25, 0.3) is 22.4 Å². The minimum atomic E-state index is -0.250. The number of pyridine rings is 1. The molecule has 3 rings (SSSR count). The van der Waals surface area contributed by atoms with E-state index < -0.39 is 0 Å². The van der Waals surface area contributed by atoms with E-state index in [9.17, 15) is 4.79 Å². The smallest absolute Gasteiger partial charge is 0.302 e. The van der Waals surface area contributed by atoms with Gasteiger partial charge in [0.1, 0.15) is 0 Å². The van der Waals surface area contributed by atoms with Gasteiger partial charge in [-0.1, -0.05) is 48.5 Å². The molecule has 0 unspecified atom stereocenters. The number of aromatic nitrogens is 1. The lowest BCUT2D eigenvalue weighted by Crippen LogP contribution is -2.41. The second kappa shape index (κ2) is 7.75. The molecule has 0 N–H and O–H groups in total. The Morgan fingerprint density at radius 1 is 0.880 bits per heavy atom. The molecule has 0 saturated carbocycles. The van der Waals surface area contributed by atoms with Crippen molar-refractivity contribution in [3.63, 3.8) is 0 Å². The van der Waals surface area contributed by atoms with Crippen LogP contribution in [0.4, 0.5) is 0 Å². The highest BCUT2D eigenvalue weighted by Crippen LogP contribution is 2.24. The number of aryl methyl sites for hydroxylation is 1. The molecule has 0 spiro atoms. The van der Waals surface area contributed by atoms with Crippen LogP contribution in [0.2, 0.25) is 0 Å². The molecule has 1 aromatic heterocycles. The van der Waals surface area contributed by atoms with Gasteiger partial charge >= 0.3 is 5.97 Å². The molecule has 3 nitrogen and oxygen atoms in total. The van der Waals surface area contributed by atoms with Gasteiger partial charge in [-0.15, -0.1) is 0 Å². The topological polar surface area (TPSA) is 30.2 Å². The Morgan fingerprint density at radius 3 is 2.08 bits per heavy atom. The molecule has 0 saturated heterocycles. The van der Waals surface area contributed by atoms with Gasteiger partial charge in [0.25, 0.3) is 0 Å². The molecular weight excluding hydrogens is 310 g/mol. The average molecular weight is 332 g/mol. The van der Waals surface area contributed by atoms with E-state index in [1.807, 2.05) is 24.3 Å². The summed E-state index contributed by atoms with van der Waals surface area (Å²) in [5.41, 5.74) is 5.76. The van der Waals surface area contributed by atoms with Gasteiger partial charge in [-0.3, -0.25) is 4.79 Å². The maximum absolute atomic E-state index is 11.1. The molecule has 0 atom stereocenters. The summed E-state index contributed by atoms with van der Waals surface area (Å²) in [7, 11) is 0. The zero-order chi connectivity index (χ0) is 17.6. The van der Waals surface area contributed by atoms with E-state index in [2.05, 4.69) is 60.0 Å². The molecule has 0 aliphatic heterocycles. The Bertz CT molecular complexity index is 858. The summed E-state index contributed by atoms with van der Waals surface area (Å²) in [6.45, 7) is 4.52. The molecule has 0 bridgehead atoms. The Kier molecular flexibility index (Phi) is 5.24. The molecule has 0 fully saturated rings. The third-order valence-corrected chi connectivity index (χ3v) is 4.17. The predicted octanol–water partition coefficient (Wildman–Crippen LogP) is 4.18. The maximum Gasteiger partial charge on any atom is 0.302 e. The van der Waals surface area contributed by atoms with Crippen LogP contribution in [0.5, 0.6) is 0 Å². The van der Waals surface area contributed by atoms with Gasteiger partial charge in [0.2, 0.25) is 5.69 Å². The number of nitrogens with zero attached hydrogens (tertiary/aromatic N) is 1. The first kappa shape index (κ1) is 16.9. The van der Waals surface area contributed by atoms with E-state index in [0.717, 1.165) is 17.0 Å².